The van der Waals surface area contributed by atoms with Crippen LogP contribution >= 0.6 is 0 Å². The van der Waals surface area contributed by atoms with Crippen LogP contribution in [0.15, 0.2) is 30.3 Å². The summed E-state index contributed by atoms with van der Waals surface area (Å²) in [5, 5.41) is 28.5. The molecule has 56 heavy (non-hydrogen) atoms. The summed E-state index contributed by atoms with van der Waals surface area (Å²) < 4.78 is 5.42. The van der Waals surface area contributed by atoms with Gasteiger partial charge in [0.1, 0.15) is 23.7 Å². The Kier molecular flexibility index (Phi) is 19.8. The van der Waals surface area contributed by atoms with E-state index in [2.05, 4.69) is 31.9 Å². The lowest BCUT2D eigenvalue weighted by Gasteiger charge is -2.30. The molecule has 1 aromatic rings. The van der Waals surface area contributed by atoms with Gasteiger partial charge in [0.25, 0.3) is 0 Å². The van der Waals surface area contributed by atoms with Gasteiger partial charge in [0.15, 0.2) is 0 Å². The van der Waals surface area contributed by atoms with Crippen molar-refractivity contribution in [2.24, 2.45) is 17.8 Å². The number of amides is 6. The fourth-order valence-corrected chi connectivity index (χ4v) is 6.69. The van der Waals surface area contributed by atoms with E-state index in [1.54, 1.807) is 20.8 Å². The van der Waals surface area contributed by atoms with Crippen molar-refractivity contribution in [1.82, 2.24) is 31.9 Å². The van der Waals surface area contributed by atoms with Gasteiger partial charge in [-0.05, 0) is 63.4 Å². The Morgan fingerprint density at radius 1 is 0.875 bits per heavy atom. The molecule has 1 heterocycles. The van der Waals surface area contributed by atoms with Gasteiger partial charge < -0.3 is 41.7 Å². The van der Waals surface area contributed by atoms with Gasteiger partial charge in [0, 0.05) is 18.9 Å². The normalized spacial score (nSPS) is 18.8. The molecule has 1 aromatic carbocycles. The van der Waals surface area contributed by atoms with E-state index in [9.17, 15) is 33.9 Å². The first kappa shape index (κ1) is 48.0. The van der Waals surface area contributed by atoms with Crippen molar-refractivity contribution >= 4 is 35.6 Å². The van der Waals surface area contributed by atoms with Crippen molar-refractivity contribution in [2.75, 3.05) is 0 Å². The molecule has 14 heteroatoms. The van der Waals surface area contributed by atoms with Crippen LogP contribution < -0.4 is 31.9 Å². The molecule has 1 fully saturated rings. The third-order valence-corrected chi connectivity index (χ3v) is 9.78. The number of carbonyl (C=O) groups excluding carboxylic acids is 6. The molecule has 6 amide bonds. The Balaban J connectivity index is 2.21. The van der Waals surface area contributed by atoms with Crippen LogP contribution in [0.3, 0.4) is 0 Å². The summed E-state index contributed by atoms with van der Waals surface area (Å²) in [5.74, 6) is -2.10. The topological polar surface area (TPSA) is 204 Å². The molecule has 0 aliphatic carbocycles. The van der Waals surface area contributed by atoms with E-state index in [1.165, 1.54) is 0 Å². The van der Waals surface area contributed by atoms with Crippen molar-refractivity contribution in [3.63, 3.8) is 0 Å². The number of ether oxygens (including phenoxy) is 1. The van der Waals surface area contributed by atoms with E-state index in [1.807, 2.05) is 78.8 Å². The van der Waals surface area contributed by atoms with Crippen LogP contribution in [0.5, 0.6) is 0 Å². The summed E-state index contributed by atoms with van der Waals surface area (Å²) >= 11 is 0. The van der Waals surface area contributed by atoms with E-state index in [0.717, 1.165) is 12.0 Å². The number of unbranched alkanes of at least 4 members (excludes halogenated alkanes) is 1. The van der Waals surface area contributed by atoms with E-state index in [4.69, 9.17) is 4.74 Å². The Morgan fingerprint density at radius 3 is 2.09 bits per heavy atom. The summed E-state index contributed by atoms with van der Waals surface area (Å²) in [6, 6.07) is 4.77. The van der Waals surface area contributed by atoms with Crippen LogP contribution in [0.25, 0.3) is 0 Å². The van der Waals surface area contributed by atoms with Gasteiger partial charge in [-0.25, -0.2) is 4.79 Å². The number of aliphatic hydroxyl groups is 1. The predicted molar refractivity (Wildman–Crippen MR) is 216 cm³/mol. The number of nitrogens with one attached hydrogen (secondary N) is 6. The molecule has 0 saturated carbocycles. The second kappa shape index (κ2) is 23.1. The fourth-order valence-electron chi connectivity index (χ4n) is 6.69. The van der Waals surface area contributed by atoms with E-state index < -0.39 is 71.6 Å². The van der Waals surface area contributed by atoms with Gasteiger partial charge in [-0.1, -0.05) is 98.1 Å². The van der Waals surface area contributed by atoms with Crippen LogP contribution in [-0.2, 0) is 35.1 Å². The molecule has 7 N–H and O–H groups in total. The molecule has 0 aromatic heterocycles. The molecule has 0 bridgehead atoms. The maximum atomic E-state index is 13.9. The third kappa shape index (κ3) is 17.3. The maximum Gasteiger partial charge on any atom is 0.408 e. The highest BCUT2D eigenvalue weighted by Crippen LogP contribution is 2.19. The average Bonchev–Trinajstić information content (AvgIpc) is 3.43. The van der Waals surface area contributed by atoms with Crippen LogP contribution in [-0.4, -0.2) is 88.7 Å². The summed E-state index contributed by atoms with van der Waals surface area (Å²) in [7, 11) is 0. The summed E-state index contributed by atoms with van der Waals surface area (Å²) in [6.07, 6.45) is 1.14. The number of hydrogen-bond donors (Lipinski definition) is 7. The highest BCUT2D eigenvalue weighted by atomic mass is 16.6. The Morgan fingerprint density at radius 2 is 1.52 bits per heavy atom. The number of rotatable bonds is 22. The average molecular weight is 787 g/mol. The van der Waals surface area contributed by atoms with Crippen molar-refractivity contribution < 1.29 is 38.6 Å². The SMILES string of the molecule is CCCC[C@H](NC(=O)[C@H](Cc1ccccc1)NC(=O)OC(C)(C)C)C(=O)N[C@@H](CC(C)C)[C@@H](O)CC(=O)N[C@H](C(=O)N[C@H]1CC(=O)N[C@H]1CC(C)C)[C@@H](C)CC. The Hall–Kier alpha value is -4.20. The molecule has 0 unspecified atom stereocenters. The first-order valence-corrected chi connectivity index (χ1v) is 20.4. The Labute approximate surface area is 334 Å². The fraction of sp³-hybridized carbons (Fsp3) is 0.714. The highest BCUT2D eigenvalue weighted by Gasteiger charge is 2.37. The molecular formula is C42H70N6O8. The van der Waals surface area contributed by atoms with Crippen molar-refractivity contribution in [3.8, 4) is 0 Å². The smallest absolute Gasteiger partial charge is 0.408 e. The first-order chi connectivity index (χ1) is 26.2. The number of alkyl carbamates (subject to hydrolysis) is 1. The molecular weight excluding hydrogens is 716 g/mol. The van der Waals surface area contributed by atoms with Crippen molar-refractivity contribution in [3.05, 3.63) is 35.9 Å². The van der Waals surface area contributed by atoms with Gasteiger partial charge in [0.05, 0.1) is 24.6 Å². The van der Waals surface area contributed by atoms with Crippen molar-refractivity contribution in [2.45, 2.75) is 175 Å². The quantitative estimate of drug-likeness (QED) is 0.0913. The largest absolute Gasteiger partial charge is 0.444 e. The van der Waals surface area contributed by atoms with E-state index in [0.29, 0.717) is 38.0 Å². The summed E-state index contributed by atoms with van der Waals surface area (Å²) in [4.78, 5) is 79.7. The number of carbonyl (C=O) groups is 6. The summed E-state index contributed by atoms with van der Waals surface area (Å²) in [5.41, 5.74) is 0.00306. The lowest BCUT2D eigenvalue weighted by Crippen LogP contribution is -2.57. The summed E-state index contributed by atoms with van der Waals surface area (Å²) in [6.45, 7) is 18.8. The molecule has 1 aliphatic heterocycles. The van der Waals surface area contributed by atoms with Crippen LogP contribution in [0.4, 0.5) is 4.79 Å². The Bertz CT molecular complexity index is 1430. The highest BCUT2D eigenvalue weighted by molar-refractivity contribution is 5.92. The molecule has 1 saturated heterocycles. The number of aliphatic hydroxyl groups excluding tert-OH is 1. The molecule has 0 radical (unpaired) electrons. The lowest BCUT2D eigenvalue weighted by atomic mass is 9.94. The molecule has 1 aliphatic rings. The lowest BCUT2D eigenvalue weighted by molar-refractivity contribution is -0.133. The van der Waals surface area contributed by atoms with Gasteiger partial charge in [-0.15, -0.1) is 0 Å². The molecule has 0 spiro atoms. The third-order valence-electron chi connectivity index (χ3n) is 9.78. The zero-order chi connectivity index (χ0) is 42.2. The second-order valence-corrected chi connectivity index (χ2v) is 17.2. The van der Waals surface area contributed by atoms with Crippen LogP contribution in [0, 0.1) is 17.8 Å². The minimum absolute atomic E-state index is 0.0233. The minimum atomic E-state index is -1.31. The van der Waals surface area contributed by atoms with Crippen molar-refractivity contribution in [1.29, 1.82) is 0 Å². The predicted octanol–water partition coefficient (Wildman–Crippen LogP) is 4.03. The number of hydrogen-bond acceptors (Lipinski definition) is 8. The first-order valence-electron chi connectivity index (χ1n) is 20.4. The van der Waals surface area contributed by atoms with E-state index in [-0.39, 0.29) is 43.0 Å². The van der Waals surface area contributed by atoms with Crippen LogP contribution in [0.1, 0.15) is 126 Å². The van der Waals surface area contributed by atoms with E-state index >= 15 is 0 Å². The maximum absolute atomic E-state index is 13.9. The minimum Gasteiger partial charge on any atom is -0.444 e. The van der Waals surface area contributed by atoms with Crippen LogP contribution in [0.2, 0.25) is 0 Å². The van der Waals surface area contributed by atoms with Gasteiger partial charge in [0.2, 0.25) is 29.5 Å². The zero-order valence-electron chi connectivity index (χ0n) is 35.3. The van der Waals surface area contributed by atoms with Gasteiger partial charge >= 0.3 is 6.09 Å². The number of benzene rings is 1. The molecule has 2 rings (SSSR count). The second-order valence-electron chi connectivity index (χ2n) is 17.2. The standard InChI is InChI=1S/C42H70N6O8/c1-11-13-19-29(44-39(53)33(22-28-17-15-14-16-18-28)47-41(55)56-42(8,9)10)38(52)46-32(21-26(5)6)34(49)24-36(51)48-37(27(7)12-2)40(54)45-31-23-35(50)43-30(31)20-25(3)4/h14-18,25-27,29-34,37,49H,11-13,19-24H2,1-10H3,(H,43,50)(H,44,53)(H,45,54)(H,46,52)(H,47,55)(H,48,51)/t27-,29-,30-,31-,32-,33-,34-,37-/m0/s1. The molecule has 316 valence electrons. The molecule has 8 atom stereocenters. The zero-order valence-corrected chi connectivity index (χ0v) is 35.3. The molecule has 14 nitrogen and oxygen atoms in total. The van der Waals surface area contributed by atoms with Gasteiger partial charge in [-0.2, -0.15) is 0 Å². The monoisotopic (exact) mass is 787 g/mol. The van der Waals surface area contributed by atoms with Gasteiger partial charge in [-0.3, -0.25) is 24.0 Å².